The van der Waals surface area contributed by atoms with Gasteiger partial charge in [-0.1, -0.05) is 30.3 Å². The molecule has 4 nitrogen and oxygen atoms in total. The second kappa shape index (κ2) is 6.88. The molecule has 0 radical (unpaired) electrons. The molecular formula is C18H14FNO3S. The summed E-state index contributed by atoms with van der Waals surface area (Å²) in [4.78, 5) is 24.9. The molecule has 122 valence electrons. The van der Waals surface area contributed by atoms with Gasteiger partial charge in [-0.25, -0.2) is 4.39 Å². The summed E-state index contributed by atoms with van der Waals surface area (Å²) < 4.78 is 19.2. The van der Waals surface area contributed by atoms with E-state index >= 15 is 0 Å². The summed E-state index contributed by atoms with van der Waals surface area (Å²) in [5, 5.41) is -0.293. The third-order valence-corrected chi connectivity index (χ3v) is 4.46. The second-order valence-corrected chi connectivity index (χ2v) is 6.19. The first-order valence-electron chi connectivity index (χ1n) is 7.22. The number of benzene rings is 2. The van der Waals surface area contributed by atoms with Gasteiger partial charge in [-0.3, -0.25) is 14.5 Å². The smallest absolute Gasteiger partial charge is 0.293 e. The second-order valence-electron chi connectivity index (χ2n) is 5.19. The number of halogens is 1. The van der Waals surface area contributed by atoms with Gasteiger partial charge in [0, 0.05) is 12.6 Å². The van der Waals surface area contributed by atoms with Gasteiger partial charge in [0.1, 0.15) is 18.2 Å². The molecule has 0 spiro atoms. The molecule has 2 aromatic rings. The highest BCUT2D eigenvalue weighted by Gasteiger charge is 2.31. The molecule has 2 aromatic carbocycles. The number of imide groups is 1. The van der Waals surface area contributed by atoms with Crippen molar-refractivity contribution in [3.05, 3.63) is 70.4 Å². The van der Waals surface area contributed by atoms with Crippen LogP contribution in [-0.2, 0) is 11.4 Å². The molecule has 3 rings (SSSR count). The minimum absolute atomic E-state index is 0.113. The zero-order valence-electron chi connectivity index (χ0n) is 12.9. The lowest BCUT2D eigenvalue weighted by atomic mass is 10.2. The van der Waals surface area contributed by atoms with Crippen LogP contribution in [0.4, 0.5) is 9.18 Å². The van der Waals surface area contributed by atoms with Crippen LogP contribution < -0.4 is 4.74 Å². The SMILES string of the molecule is CN1C(=O)S/C(=C/c2cccc(OCc3ccccc3F)c2)C1=O. The van der Waals surface area contributed by atoms with Gasteiger partial charge in [0.15, 0.2) is 0 Å². The molecule has 0 atom stereocenters. The van der Waals surface area contributed by atoms with Crippen molar-refractivity contribution in [2.75, 3.05) is 7.05 Å². The fourth-order valence-electron chi connectivity index (χ4n) is 2.17. The molecule has 2 amide bonds. The van der Waals surface area contributed by atoms with Gasteiger partial charge in [0.05, 0.1) is 4.91 Å². The predicted octanol–water partition coefficient (Wildman–Crippen LogP) is 4.07. The number of hydrogen-bond acceptors (Lipinski definition) is 4. The first-order chi connectivity index (χ1) is 11.5. The Morgan fingerprint density at radius 1 is 1.17 bits per heavy atom. The molecule has 0 unspecified atom stereocenters. The molecule has 1 fully saturated rings. The quantitative estimate of drug-likeness (QED) is 0.785. The van der Waals surface area contributed by atoms with Crippen molar-refractivity contribution in [3.63, 3.8) is 0 Å². The first-order valence-corrected chi connectivity index (χ1v) is 8.04. The number of rotatable bonds is 4. The van der Waals surface area contributed by atoms with Gasteiger partial charge >= 0.3 is 0 Å². The third-order valence-electron chi connectivity index (χ3n) is 3.49. The van der Waals surface area contributed by atoms with Crippen molar-refractivity contribution in [3.8, 4) is 5.75 Å². The number of hydrogen-bond donors (Lipinski definition) is 0. The zero-order chi connectivity index (χ0) is 17.1. The van der Waals surface area contributed by atoms with Gasteiger partial charge in [-0.15, -0.1) is 0 Å². The van der Waals surface area contributed by atoms with Crippen LogP contribution in [0.25, 0.3) is 6.08 Å². The summed E-state index contributed by atoms with van der Waals surface area (Å²) >= 11 is 0.903. The van der Waals surface area contributed by atoms with Crippen LogP contribution in [0.15, 0.2) is 53.4 Å². The average molecular weight is 343 g/mol. The Bertz CT molecular complexity index is 835. The summed E-state index contributed by atoms with van der Waals surface area (Å²) in [5.74, 6) is -0.0734. The number of thioether (sulfide) groups is 1. The van der Waals surface area contributed by atoms with E-state index in [4.69, 9.17) is 4.74 Å². The van der Waals surface area contributed by atoms with E-state index in [1.54, 1.807) is 48.5 Å². The van der Waals surface area contributed by atoms with E-state index in [0.29, 0.717) is 16.2 Å². The molecular weight excluding hydrogens is 329 g/mol. The van der Waals surface area contributed by atoms with Crippen LogP contribution in [0.5, 0.6) is 5.75 Å². The van der Waals surface area contributed by atoms with Gasteiger partial charge in [-0.05, 0) is 41.6 Å². The van der Waals surface area contributed by atoms with E-state index < -0.39 is 0 Å². The summed E-state index contributed by atoms with van der Waals surface area (Å²) in [6.07, 6.45) is 1.64. The predicted molar refractivity (Wildman–Crippen MR) is 90.9 cm³/mol. The van der Waals surface area contributed by atoms with Crippen molar-refractivity contribution in [1.29, 1.82) is 0 Å². The molecule has 0 saturated carbocycles. The Hall–Kier alpha value is -2.60. The Balaban J connectivity index is 1.74. The fourth-order valence-corrected chi connectivity index (χ4v) is 2.99. The highest BCUT2D eigenvalue weighted by atomic mass is 32.2. The van der Waals surface area contributed by atoms with Gasteiger partial charge < -0.3 is 4.74 Å². The largest absolute Gasteiger partial charge is 0.489 e. The zero-order valence-corrected chi connectivity index (χ0v) is 13.7. The van der Waals surface area contributed by atoms with Gasteiger partial charge in [-0.2, -0.15) is 0 Å². The van der Waals surface area contributed by atoms with Crippen LogP contribution >= 0.6 is 11.8 Å². The standard InChI is InChI=1S/C18H14FNO3S/c1-20-17(21)16(24-18(20)22)10-12-5-4-7-14(9-12)23-11-13-6-2-3-8-15(13)19/h2-10H,11H2,1H3/b16-10+. The molecule has 0 aromatic heterocycles. The Kier molecular flexibility index (Phi) is 4.66. The molecule has 1 saturated heterocycles. The molecule has 0 bridgehead atoms. The number of carbonyl (C=O) groups is 2. The van der Waals surface area contributed by atoms with Crippen LogP contribution in [-0.4, -0.2) is 23.1 Å². The average Bonchev–Trinajstić information content (AvgIpc) is 2.81. The third kappa shape index (κ3) is 3.49. The lowest BCUT2D eigenvalue weighted by Crippen LogP contribution is -2.22. The van der Waals surface area contributed by atoms with Crippen LogP contribution in [0.3, 0.4) is 0 Å². The van der Waals surface area contributed by atoms with Crippen molar-refractivity contribution in [2.45, 2.75) is 6.61 Å². The summed E-state index contributed by atoms with van der Waals surface area (Å²) in [6.45, 7) is 0.113. The molecule has 0 N–H and O–H groups in total. The van der Waals surface area contributed by atoms with Crippen molar-refractivity contribution in [1.82, 2.24) is 4.90 Å². The fraction of sp³-hybridized carbons (Fsp3) is 0.111. The van der Waals surface area contributed by atoms with Gasteiger partial charge in [0.25, 0.3) is 11.1 Å². The monoisotopic (exact) mass is 343 g/mol. The number of ether oxygens (including phenoxy) is 1. The highest BCUT2D eigenvalue weighted by Crippen LogP contribution is 2.31. The van der Waals surface area contributed by atoms with Crippen molar-refractivity contribution < 1.29 is 18.7 Å². The van der Waals surface area contributed by atoms with Crippen LogP contribution in [0, 0.1) is 5.82 Å². The molecule has 0 aliphatic carbocycles. The normalized spacial score (nSPS) is 16.1. The molecule has 1 heterocycles. The first kappa shape index (κ1) is 16.3. The van der Waals surface area contributed by atoms with E-state index in [-0.39, 0.29) is 23.6 Å². The molecule has 24 heavy (non-hydrogen) atoms. The lowest BCUT2D eigenvalue weighted by molar-refractivity contribution is -0.121. The van der Waals surface area contributed by atoms with E-state index in [9.17, 15) is 14.0 Å². The number of nitrogens with zero attached hydrogens (tertiary/aromatic N) is 1. The molecule has 1 aliphatic heterocycles. The molecule has 6 heteroatoms. The maximum atomic E-state index is 13.6. The van der Waals surface area contributed by atoms with Crippen LogP contribution in [0.2, 0.25) is 0 Å². The summed E-state index contributed by atoms with van der Waals surface area (Å²) in [7, 11) is 1.45. The van der Waals surface area contributed by atoms with Crippen molar-refractivity contribution >= 4 is 29.0 Å². The van der Waals surface area contributed by atoms with E-state index in [0.717, 1.165) is 22.2 Å². The minimum atomic E-state index is -0.317. The lowest BCUT2D eigenvalue weighted by Gasteiger charge is -2.08. The number of carbonyl (C=O) groups excluding carboxylic acids is 2. The van der Waals surface area contributed by atoms with Crippen LogP contribution in [0.1, 0.15) is 11.1 Å². The van der Waals surface area contributed by atoms with E-state index in [2.05, 4.69) is 0 Å². The summed E-state index contributed by atoms with van der Waals surface area (Å²) in [5.41, 5.74) is 1.20. The minimum Gasteiger partial charge on any atom is -0.489 e. The maximum absolute atomic E-state index is 13.6. The maximum Gasteiger partial charge on any atom is 0.293 e. The van der Waals surface area contributed by atoms with E-state index in [1.165, 1.54) is 13.1 Å². The van der Waals surface area contributed by atoms with E-state index in [1.807, 2.05) is 0 Å². The summed E-state index contributed by atoms with van der Waals surface area (Å²) in [6, 6.07) is 13.5. The van der Waals surface area contributed by atoms with Gasteiger partial charge in [0.2, 0.25) is 0 Å². The number of amides is 2. The molecule has 1 aliphatic rings. The topological polar surface area (TPSA) is 46.6 Å². The Morgan fingerprint density at radius 2 is 1.96 bits per heavy atom. The van der Waals surface area contributed by atoms with Crippen molar-refractivity contribution in [2.24, 2.45) is 0 Å². The Morgan fingerprint density at radius 3 is 2.67 bits per heavy atom. The Labute approximate surface area is 142 Å². The number of likely N-dealkylation sites (N-methyl/N-ethyl adjacent to an activating group) is 1. The highest BCUT2D eigenvalue weighted by molar-refractivity contribution is 8.18.